The van der Waals surface area contributed by atoms with Gasteiger partial charge in [-0.05, 0) is 23.5 Å². The number of nitrogens with zero attached hydrogens (tertiary/aromatic N) is 1. The van der Waals surface area contributed by atoms with Crippen molar-refractivity contribution in [3.63, 3.8) is 0 Å². The van der Waals surface area contributed by atoms with E-state index in [1.807, 2.05) is 24.0 Å². The van der Waals surface area contributed by atoms with Gasteiger partial charge in [-0.1, -0.05) is 32.9 Å². The van der Waals surface area contributed by atoms with Crippen molar-refractivity contribution in [3.8, 4) is 5.75 Å². The highest BCUT2D eigenvalue weighted by Crippen LogP contribution is 2.35. The van der Waals surface area contributed by atoms with Crippen LogP contribution in [-0.4, -0.2) is 46.5 Å². The van der Waals surface area contributed by atoms with Crippen molar-refractivity contribution in [2.75, 3.05) is 26.3 Å². The molecule has 1 rings (SSSR count). The SMILES string of the molecule is Cc1ccc(C(C)(C)C)c(O)c1CN(CCO)CCO. The van der Waals surface area contributed by atoms with Gasteiger partial charge >= 0.3 is 0 Å². The molecule has 0 bridgehead atoms. The summed E-state index contributed by atoms with van der Waals surface area (Å²) in [5, 5.41) is 28.7. The largest absolute Gasteiger partial charge is 0.507 e. The van der Waals surface area contributed by atoms with Crippen molar-refractivity contribution in [1.82, 2.24) is 4.90 Å². The predicted molar refractivity (Wildman–Crippen MR) is 81.0 cm³/mol. The number of hydrogen-bond acceptors (Lipinski definition) is 4. The summed E-state index contributed by atoms with van der Waals surface area (Å²) in [7, 11) is 0. The number of aryl methyl sites for hydroxylation is 1. The molecule has 0 fully saturated rings. The fourth-order valence-electron chi connectivity index (χ4n) is 2.32. The van der Waals surface area contributed by atoms with Crippen molar-refractivity contribution < 1.29 is 15.3 Å². The zero-order valence-electron chi connectivity index (χ0n) is 13.0. The summed E-state index contributed by atoms with van der Waals surface area (Å²) in [6.45, 7) is 9.76. The average Bonchev–Trinajstić information content (AvgIpc) is 2.33. The first-order valence-electron chi connectivity index (χ1n) is 7.07. The molecule has 0 radical (unpaired) electrons. The molecule has 4 nitrogen and oxygen atoms in total. The lowest BCUT2D eigenvalue weighted by Crippen LogP contribution is -2.30. The van der Waals surface area contributed by atoms with Gasteiger partial charge in [0.2, 0.25) is 0 Å². The highest BCUT2D eigenvalue weighted by molar-refractivity contribution is 5.48. The van der Waals surface area contributed by atoms with E-state index in [4.69, 9.17) is 10.2 Å². The smallest absolute Gasteiger partial charge is 0.124 e. The van der Waals surface area contributed by atoms with E-state index in [0.717, 1.165) is 16.7 Å². The molecule has 3 N–H and O–H groups in total. The fourth-order valence-corrected chi connectivity index (χ4v) is 2.32. The number of aromatic hydroxyl groups is 1. The summed E-state index contributed by atoms with van der Waals surface area (Å²) in [5.41, 5.74) is 2.70. The maximum Gasteiger partial charge on any atom is 0.124 e. The Morgan fingerprint density at radius 3 is 2.05 bits per heavy atom. The quantitative estimate of drug-likeness (QED) is 0.744. The van der Waals surface area contributed by atoms with Gasteiger partial charge in [0, 0.05) is 25.2 Å². The molecule has 1 aromatic rings. The van der Waals surface area contributed by atoms with E-state index in [1.54, 1.807) is 0 Å². The zero-order chi connectivity index (χ0) is 15.3. The molecule has 0 aliphatic rings. The Morgan fingerprint density at radius 2 is 1.60 bits per heavy atom. The molecule has 0 saturated carbocycles. The van der Waals surface area contributed by atoms with Crippen LogP contribution in [0, 0.1) is 6.92 Å². The third kappa shape index (κ3) is 4.20. The fraction of sp³-hybridized carbons (Fsp3) is 0.625. The molecule has 0 atom stereocenters. The lowest BCUT2D eigenvalue weighted by atomic mass is 9.84. The predicted octanol–water partition coefficient (Wildman–Crippen LogP) is 1.78. The molecule has 0 saturated heterocycles. The van der Waals surface area contributed by atoms with Crippen molar-refractivity contribution in [2.24, 2.45) is 0 Å². The molecule has 0 unspecified atom stereocenters. The van der Waals surface area contributed by atoms with Crippen molar-refractivity contribution in [1.29, 1.82) is 0 Å². The van der Waals surface area contributed by atoms with Gasteiger partial charge in [-0.2, -0.15) is 0 Å². The second kappa shape index (κ2) is 7.07. The van der Waals surface area contributed by atoms with Crippen LogP contribution in [0.3, 0.4) is 0 Å². The molecule has 0 amide bonds. The van der Waals surface area contributed by atoms with Crippen LogP contribution in [0.4, 0.5) is 0 Å². The summed E-state index contributed by atoms with van der Waals surface area (Å²) in [4.78, 5) is 1.94. The van der Waals surface area contributed by atoms with Crippen LogP contribution in [0.15, 0.2) is 12.1 Å². The normalized spacial score (nSPS) is 12.2. The topological polar surface area (TPSA) is 63.9 Å². The van der Waals surface area contributed by atoms with Gasteiger partial charge in [-0.3, -0.25) is 4.90 Å². The highest BCUT2D eigenvalue weighted by atomic mass is 16.3. The monoisotopic (exact) mass is 281 g/mol. The summed E-state index contributed by atoms with van der Waals surface area (Å²) in [6, 6.07) is 3.99. The Balaban J connectivity index is 3.10. The number of hydrogen-bond donors (Lipinski definition) is 3. The van der Waals surface area contributed by atoms with Crippen LogP contribution in [0.5, 0.6) is 5.75 Å². The number of aliphatic hydroxyl groups excluding tert-OH is 2. The average molecular weight is 281 g/mol. The van der Waals surface area contributed by atoms with Crippen LogP contribution in [-0.2, 0) is 12.0 Å². The molecular formula is C16H27NO3. The standard InChI is InChI=1S/C16H27NO3/c1-12-5-6-14(16(2,3)4)15(20)13(12)11-17(7-9-18)8-10-19/h5-6,18-20H,7-11H2,1-4H3. The first kappa shape index (κ1) is 17.0. The number of benzene rings is 1. The molecule has 0 heterocycles. The van der Waals surface area contributed by atoms with Crippen LogP contribution in [0.25, 0.3) is 0 Å². The second-order valence-corrected chi connectivity index (χ2v) is 6.23. The van der Waals surface area contributed by atoms with Gasteiger partial charge < -0.3 is 15.3 Å². The first-order valence-corrected chi connectivity index (χ1v) is 7.07. The summed E-state index contributed by atoms with van der Waals surface area (Å²) in [6.07, 6.45) is 0. The van der Waals surface area contributed by atoms with Crippen molar-refractivity contribution in [2.45, 2.75) is 39.7 Å². The summed E-state index contributed by atoms with van der Waals surface area (Å²) >= 11 is 0. The van der Waals surface area contributed by atoms with Crippen molar-refractivity contribution >= 4 is 0 Å². The second-order valence-electron chi connectivity index (χ2n) is 6.23. The Labute approximate surface area is 121 Å². The van der Waals surface area contributed by atoms with Gasteiger partial charge in [0.25, 0.3) is 0 Å². The molecule has 20 heavy (non-hydrogen) atoms. The van der Waals surface area contributed by atoms with E-state index < -0.39 is 0 Å². The summed E-state index contributed by atoms with van der Waals surface area (Å²) in [5.74, 6) is 0.332. The number of aliphatic hydroxyl groups is 2. The van der Waals surface area contributed by atoms with E-state index in [1.165, 1.54) is 0 Å². The maximum absolute atomic E-state index is 10.5. The van der Waals surface area contributed by atoms with Crippen LogP contribution >= 0.6 is 0 Å². The van der Waals surface area contributed by atoms with Crippen molar-refractivity contribution in [3.05, 3.63) is 28.8 Å². The Hall–Kier alpha value is -1.10. The Morgan fingerprint density at radius 1 is 1.05 bits per heavy atom. The highest BCUT2D eigenvalue weighted by Gasteiger charge is 2.21. The third-order valence-corrected chi connectivity index (χ3v) is 3.54. The van der Waals surface area contributed by atoms with E-state index in [0.29, 0.717) is 25.4 Å². The van der Waals surface area contributed by atoms with E-state index >= 15 is 0 Å². The van der Waals surface area contributed by atoms with Gasteiger partial charge in [0.1, 0.15) is 5.75 Å². The van der Waals surface area contributed by atoms with E-state index in [2.05, 4.69) is 20.8 Å². The number of rotatable bonds is 6. The molecule has 4 heteroatoms. The molecule has 114 valence electrons. The van der Waals surface area contributed by atoms with Crippen LogP contribution < -0.4 is 0 Å². The molecule has 0 aliphatic heterocycles. The molecule has 0 spiro atoms. The van der Waals surface area contributed by atoms with E-state index in [-0.39, 0.29) is 18.6 Å². The van der Waals surface area contributed by atoms with E-state index in [9.17, 15) is 5.11 Å². The lowest BCUT2D eigenvalue weighted by molar-refractivity contribution is 0.154. The van der Waals surface area contributed by atoms with Gasteiger partial charge in [-0.15, -0.1) is 0 Å². The third-order valence-electron chi connectivity index (χ3n) is 3.54. The van der Waals surface area contributed by atoms with Crippen LogP contribution in [0.2, 0.25) is 0 Å². The maximum atomic E-state index is 10.5. The van der Waals surface area contributed by atoms with Gasteiger partial charge in [0.05, 0.1) is 13.2 Å². The molecule has 1 aromatic carbocycles. The number of phenolic OH excluding ortho intramolecular Hbond substituents is 1. The zero-order valence-corrected chi connectivity index (χ0v) is 13.0. The number of phenols is 1. The minimum Gasteiger partial charge on any atom is -0.507 e. The molecule has 0 aliphatic carbocycles. The molecule has 0 aromatic heterocycles. The Kier molecular flexibility index (Phi) is 5.99. The minimum absolute atomic E-state index is 0.0404. The van der Waals surface area contributed by atoms with Gasteiger partial charge in [-0.25, -0.2) is 0 Å². The first-order chi connectivity index (χ1) is 9.31. The van der Waals surface area contributed by atoms with Crippen LogP contribution in [0.1, 0.15) is 37.5 Å². The minimum atomic E-state index is -0.120. The summed E-state index contributed by atoms with van der Waals surface area (Å²) < 4.78 is 0. The lowest BCUT2D eigenvalue weighted by Gasteiger charge is -2.26. The Bertz CT molecular complexity index is 432. The van der Waals surface area contributed by atoms with Gasteiger partial charge in [0.15, 0.2) is 0 Å². The molecular weight excluding hydrogens is 254 g/mol.